The molecule has 0 radical (unpaired) electrons. The molecule has 2 atom stereocenters. The van der Waals surface area contributed by atoms with Crippen molar-refractivity contribution in [3.63, 3.8) is 0 Å². The van der Waals surface area contributed by atoms with Crippen molar-refractivity contribution in [2.75, 3.05) is 20.2 Å². The molecule has 18 heavy (non-hydrogen) atoms. The summed E-state index contributed by atoms with van der Waals surface area (Å²) in [5.41, 5.74) is -0.508. The van der Waals surface area contributed by atoms with Gasteiger partial charge in [-0.1, -0.05) is 6.92 Å². The summed E-state index contributed by atoms with van der Waals surface area (Å²) >= 11 is 0. The maximum atomic E-state index is 11.6. The Hall–Kier alpha value is -1.26. The van der Waals surface area contributed by atoms with Crippen LogP contribution in [-0.4, -0.2) is 42.8 Å². The average molecular weight is 257 g/mol. The van der Waals surface area contributed by atoms with Crippen LogP contribution >= 0.6 is 0 Å². The van der Waals surface area contributed by atoms with E-state index in [0.717, 1.165) is 6.42 Å². The smallest absolute Gasteiger partial charge is 0.410 e. The number of hydrogen-bond acceptors (Lipinski definition) is 4. The molecule has 5 heteroatoms. The second-order valence-electron chi connectivity index (χ2n) is 5.89. The molecule has 1 rings (SSSR count). The van der Waals surface area contributed by atoms with Gasteiger partial charge in [-0.3, -0.25) is 4.79 Å². The predicted octanol–water partition coefficient (Wildman–Crippen LogP) is 2.05. The van der Waals surface area contributed by atoms with Gasteiger partial charge in [0.2, 0.25) is 0 Å². The summed E-state index contributed by atoms with van der Waals surface area (Å²) in [6.45, 7) is 8.03. The molecule has 1 aliphatic rings. The van der Waals surface area contributed by atoms with Gasteiger partial charge in [-0.15, -0.1) is 0 Å². The number of carbonyl (C=O) groups excluding carboxylic acids is 2. The third-order valence-electron chi connectivity index (χ3n) is 2.79. The average Bonchev–Trinajstić information content (AvgIpc) is 2.92. The zero-order valence-electron chi connectivity index (χ0n) is 11.9. The highest BCUT2D eigenvalue weighted by molar-refractivity contribution is 5.75. The molecule has 0 aromatic carbocycles. The van der Waals surface area contributed by atoms with Crippen LogP contribution in [-0.2, 0) is 14.3 Å². The molecule has 0 saturated heterocycles. The van der Waals surface area contributed by atoms with Crippen molar-refractivity contribution in [3.8, 4) is 0 Å². The molecule has 0 aromatic heterocycles. The summed E-state index contributed by atoms with van der Waals surface area (Å²) in [7, 11) is 1.63. The zero-order chi connectivity index (χ0) is 13.9. The highest BCUT2D eigenvalue weighted by atomic mass is 16.6. The Labute approximate surface area is 108 Å². The van der Waals surface area contributed by atoms with E-state index in [2.05, 4.69) is 0 Å². The summed E-state index contributed by atoms with van der Waals surface area (Å²) in [4.78, 5) is 24.4. The van der Waals surface area contributed by atoms with Gasteiger partial charge in [0.05, 0.1) is 12.5 Å². The van der Waals surface area contributed by atoms with Crippen molar-refractivity contribution in [1.29, 1.82) is 0 Å². The first-order chi connectivity index (χ1) is 8.20. The van der Waals surface area contributed by atoms with E-state index in [9.17, 15) is 9.59 Å². The Morgan fingerprint density at radius 3 is 2.33 bits per heavy atom. The molecule has 104 valence electrons. The molecule has 0 aromatic rings. The van der Waals surface area contributed by atoms with Gasteiger partial charge in [0, 0.05) is 7.05 Å². The molecule has 1 fully saturated rings. The van der Waals surface area contributed by atoms with E-state index in [-0.39, 0.29) is 18.5 Å². The molecular formula is C13H23NO4. The topological polar surface area (TPSA) is 55.8 Å². The van der Waals surface area contributed by atoms with Crippen LogP contribution in [0.5, 0.6) is 0 Å². The normalized spacial score (nSPS) is 22.3. The Balaban J connectivity index is 2.18. The third-order valence-corrected chi connectivity index (χ3v) is 2.79. The van der Waals surface area contributed by atoms with Crippen molar-refractivity contribution < 1.29 is 19.1 Å². The molecular weight excluding hydrogens is 234 g/mol. The van der Waals surface area contributed by atoms with Gasteiger partial charge in [0.15, 0.2) is 0 Å². The minimum atomic E-state index is -0.508. The Morgan fingerprint density at radius 1 is 1.33 bits per heavy atom. The number of hydrogen-bond donors (Lipinski definition) is 0. The zero-order valence-corrected chi connectivity index (χ0v) is 11.9. The monoisotopic (exact) mass is 257 g/mol. The molecule has 0 spiro atoms. The lowest BCUT2D eigenvalue weighted by atomic mass is 10.2. The van der Waals surface area contributed by atoms with Gasteiger partial charge < -0.3 is 14.4 Å². The van der Waals surface area contributed by atoms with Crippen LogP contribution in [0.1, 0.15) is 34.1 Å². The van der Waals surface area contributed by atoms with Crippen LogP contribution in [0.2, 0.25) is 0 Å². The van der Waals surface area contributed by atoms with Crippen LogP contribution in [0.4, 0.5) is 4.79 Å². The number of rotatable bonds is 4. The summed E-state index contributed by atoms with van der Waals surface area (Å²) < 4.78 is 10.3. The Morgan fingerprint density at radius 2 is 1.89 bits per heavy atom. The van der Waals surface area contributed by atoms with Crippen LogP contribution in [0.25, 0.3) is 0 Å². The predicted molar refractivity (Wildman–Crippen MR) is 67.1 cm³/mol. The first kappa shape index (κ1) is 14.8. The summed E-state index contributed by atoms with van der Waals surface area (Å²) in [5.74, 6) is 0.359. The fourth-order valence-electron chi connectivity index (χ4n) is 1.47. The number of amides is 1. The molecule has 0 heterocycles. The van der Waals surface area contributed by atoms with Crippen molar-refractivity contribution in [1.82, 2.24) is 4.90 Å². The van der Waals surface area contributed by atoms with Crippen LogP contribution < -0.4 is 0 Å². The first-order valence-electron chi connectivity index (χ1n) is 6.31. The fraction of sp³-hybridized carbons (Fsp3) is 0.846. The Bertz CT molecular complexity index is 321. The maximum Gasteiger partial charge on any atom is 0.410 e. The second-order valence-corrected chi connectivity index (χ2v) is 5.89. The minimum absolute atomic E-state index is 0.0665. The summed E-state index contributed by atoms with van der Waals surface area (Å²) in [5, 5.41) is 0. The minimum Gasteiger partial charge on any atom is -0.464 e. The number of nitrogens with zero attached hydrogens (tertiary/aromatic N) is 1. The lowest BCUT2D eigenvalue weighted by Gasteiger charge is -2.24. The fourth-order valence-corrected chi connectivity index (χ4v) is 1.47. The van der Waals surface area contributed by atoms with E-state index in [1.165, 1.54) is 4.90 Å². The SMILES string of the molecule is C[C@H]1C[C@@H]1C(=O)OCCN(C)C(=O)OC(C)(C)C. The quantitative estimate of drug-likeness (QED) is 0.723. The van der Waals surface area contributed by atoms with E-state index in [4.69, 9.17) is 9.47 Å². The molecule has 0 unspecified atom stereocenters. The largest absolute Gasteiger partial charge is 0.464 e. The van der Waals surface area contributed by atoms with Crippen molar-refractivity contribution >= 4 is 12.1 Å². The van der Waals surface area contributed by atoms with E-state index < -0.39 is 11.7 Å². The number of carbonyl (C=O) groups is 2. The molecule has 1 amide bonds. The summed E-state index contributed by atoms with van der Waals surface area (Å²) in [6, 6.07) is 0. The van der Waals surface area contributed by atoms with Crippen LogP contribution in [0, 0.1) is 11.8 Å². The maximum absolute atomic E-state index is 11.6. The highest BCUT2D eigenvalue weighted by Gasteiger charge is 2.40. The Kier molecular flexibility index (Phi) is 4.59. The van der Waals surface area contributed by atoms with Gasteiger partial charge in [-0.05, 0) is 33.1 Å². The standard InChI is InChI=1S/C13H23NO4/c1-9-8-10(9)11(15)17-7-6-14(5)12(16)18-13(2,3)4/h9-10H,6-8H2,1-5H3/t9-,10-/m0/s1. The van der Waals surface area contributed by atoms with Gasteiger partial charge in [-0.2, -0.15) is 0 Å². The molecule has 0 aliphatic heterocycles. The van der Waals surface area contributed by atoms with Gasteiger partial charge in [0.1, 0.15) is 12.2 Å². The number of ether oxygens (including phenoxy) is 2. The van der Waals surface area contributed by atoms with Crippen molar-refractivity contribution in [2.24, 2.45) is 11.8 Å². The van der Waals surface area contributed by atoms with Crippen molar-refractivity contribution in [3.05, 3.63) is 0 Å². The summed E-state index contributed by atoms with van der Waals surface area (Å²) in [6.07, 6.45) is 0.513. The highest BCUT2D eigenvalue weighted by Crippen LogP contribution is 2.38. The molecule has 0 bridgehead atoms. The van der Waals surface area contributed by atoms with E-state index in [1.807, 2.05) is 27.7 Å². The second kappa shape index (κ2) is 5.59. The number of likely N-dealkylation sites (N-methyl/N-ethyl adjacent to an activating group) is 1. The van der Waals surface area contributed by atoms with Gasteiger partial charge >= 0.3 is 12.1 Å². The van der Waals surface area contributed by atoms with Crippen molar-refractivity contribution in [2.45, 2.75) is 39.7 Å². The van der Waals surface area contributed by atoms with E-state index in [1.54, 1.807) is 7.05 Å². The van der Waals surface area contributed by atoms with Gasteiger partial charge in [-0.25, -0.2) is 4.79 Å². The van der Waals surface area contributed by atoms with E-state index in [0.29, 0.717) is 12.5 Å². The molecule has 5 nitrogen and oxygen atoms in total. The van der Waals surface area contributed by atoms with E-state index >= 15 is 0 Å². The lowest BCUT2D eigenvalue weighted by Crippen LogP contribution is -2.36. The molecule has 0 N–H and O–H groups in total. The molecule has 1 aliphatic carbocycles. The lowest BCUT2D eigenvalue weighted by molar-refractivity contribution is -0.145. The first-order valence-corrected chi connectivity index (χ1v) is 6.31. The third kappa shape index (κ3) is 4.94. The van der Waals surface area contributed by atoms with Crippen LogP contribution in [0.3, 0.4) is 0 Å². The molecule has 1 saturated carbocycles. The van der Waals surface area contributed by atoms with Gasteiger partial charge in [0.25, 0.3) is 0 Å². The number of esters is 1. The van der Waals surface area contributed by atoms with Crippen LogP contribution in [0.15, 0.2) is 0 Å².